The summed E-state index contributed by atoms with van der Waals surface area (Å²) in [7, 11) is -3.62. The Bertz CT molecular complexity index is 919. The smallest absolute Gasteiger partial charge is 0.261 e. The zero-order valence-corrected chi connectivity index (χ0v) is 13.4. The van der Waals surface area contributed by atoms with Gasteiger partial charge >= 0.3 is 0 Å². The molecule has 0 aliphatic carbocycles. The van der Waals surface area contributed by atoms with Gasteiger partial charge in [-0.1, -0.05) is 6.07 Å². The molecule has 0 saturated carbocycles. The minimum Gasteiger partial charge on any atom is -0.280 e. The van der Waals surface area contributed by atoms with Crippen LogP contribution in [0.4, 0.5) is 5.69 Å². The molecule has 0 atom stereocenters. The van der Waals surface area contributed by atoms with Crippen molar-refractivity contribution in [3.63, 3.8) is 0 Å². The normalized spacial score (nSPS) is 11.4. The fraction of sp³-hybridized carbons (Fsp3) is 0.133. The molecular weight excluding hydrogens is 314 g/mol. The van der Waals surface area contributed by atoms with Crippen LogP contribution in [0.15, 0.2) is 53.7 Å². The lowest BCUT2D eigenvalue weighted by Crippen LogP contribution is -2.13. The fourth-order valence-electron chi connectivity index (χ4n) is 2.06. The zero-order chi connectivity index (χ0) is 16.4. The second-order valence-corrected chi connectivity index (χ2v) is 6.84. The number of aryl methyl sites for hydroxylation is 2. The van der Waals surface area contributed by atoms with Crippen LogP contribution < -0.4 is 4.72 Å². The zero-order valence-electron chi connectivity index (χ0n) is 12.6. The lowest BCUT2D eigenvalue weighted by Gasteiger charge is -2.10. The van der Waals surface area contributed by atoms with Gasteiger partial charge in [-0.3, -0.25) is 4.72 Å². The summed E-state index contributed by atoms with van der Waals surface area (Å²) >= 11 is 0. The van der Waals surface area contributed by atoms with E-state index in [2.05, 4.69) is 20.2 Å². The number of sulfonamides is 1. The number of hydrogen-bond donors (Lipinski definition) is 1. The van der Waals surface area contributed by atoms with E-state index in [1.54, 1.807) is 42.5 Å². The largest absolute Gasteiger partial charge is 0.280 e. The van der Waals surface area contributed by atoms with E-state index in [9.17, 15) is 8.42 Å². The SMILES string of the molecule is Cc1ccc(S(=O)(=O)Nc2ccc(-n3cnnn3)cc2)cc1C. The molecule has 3 aromatic rings. The maximum atomic E-state index is 12.4. The third-order valence-corrected chi connectivity index (χ3v) is 4.90. The molecule has 3 rings (SSSR count). The number of anilines is 1. The highest BCUT2D eigenvalue weighted by atomic mass is 32.2. The number of nitrogens with one attached hydrogen (secondary N) is 1. The van der Waals surface area contributed by atoms with Crippen LogP contribution in [0, 0.1) is 13.8 Å². The molecule has 2 aromatic carbocycles. The Morgan fingerprint density at radius 2 is 1.74 bits per heavy atom. The maximum Gasteiger partial charge on any atom is 0.261 e. The first-order valence-corrected chi connectivity index (χ1v) is 8.37. The van der Waals surface area contributed by atoms with Gasteiger partial charge in [0.25, 0.3) is 10.0 Å². The molecule has 7 nitrogen and oxygen atoms in total. The van der Waals surface area contributed by atoms with Crippen molar-refractivity contribution in [2.75, 3.05) is 4.72 Å². The summed E-state index contributed by atoms with van der Waals surface area (Å²) in [5, 5.41) is 10.9. The van der Waals surface area contributed by atoms with Crippen molar-refractivity contribution in [2.24, 2.45) is 0 Å². The van der Waals surface area contributed by atoms with Crippen molar-refractivity contribution < 1.29 is 8.42 Å². The molecule has 0 aliphatic rings. The summed E-state index contributed by atoms with van der Waals surface area (Å²) in [5.74, 6) is 0. The van der Waals surface area contributed by atoms with E-state index in [1.165, 1.54) is 11.0 Å². The van der Waals surface area contributed by atoms with Crippen molar-refractivity contribution >= 4 is 15.7 Å². The molecule has 0 unspecified atom stereocenters. The first kappa shape index (κ1) is 15.2. The topological polar surface area (TPSA) is 89.8 Å². The summed E-state index contributed by atoms with van der Waals surface area (Å²) in [6.45, 7) is 3.83. The minimum absolute atomic E-state index is 0.241. The average Bonchev–Trinajstić information content (AvgIpc) is 3.04. The van der Waals surface area contributed by atoms with E-state index in [4.69, 9.17) is 0 Å². The molecule has 1 N–H and O–H groups in total. The van der Waals surface area contributed by atoms with Gasteiger partial charge in [0, 0.05) is 5.69 Å². The Balaban J connectivity index is 1.84. The number of nitrogens with zero attached hydrogens (tertiary/aromatic N) is 4. The number of tetrazole rings is 1. The van der Waals surface area contributed by atoms with Crippen LogP contribution in [0.1, 0.15) is 11.1 Å². The third kappa shape index (κ3) is 3.21. The van der Waals surface area contributed by atoms with Crippen molar-refractivity contribution in [1.82, 2.24) is 20.2 Å². The predicted molar refractivity (Wildman–Crippen MR) is 85.9 cm³/mol. The van der Waals surface area contributed by atoms with Gasteiger partial charge in [-0.25, -0.2) is 13.1 Å². The quantitative estimate of drug-likeness (QED) is 0.791. The lowest BCUT2D eigenvalue weighted by molar-refractivity contribution is 0.601. The fourth-order valence-corrected chi connectivity index (χ4v) is 3.20. The van der Waals surface area contributed by atoms with Gasteiger partial charge in [0.1, 0.15) is 6.33 Å². The maximum absolute atomic E-state index is 12.4. The molecule has 0 saturated heterocycles. The highest BCUT2D eigenvalue weighted by Gasteiger charge is 2.14. The van der Waals surface area contributed by atoms with Crippen LogP contribution in [-0.2, 0) is 10.0 Å². The Morgan fingerprint density at radius 3 is 2.35 bits per heavy atom. The Hall–Kier alpha value is -2.74. The Kier molecular flexibility index (Phi) is 3.83. The van der Waals surface area contributed by atoms with Gasteiger partial charge in [0.15, 0.2) is 0 Å². The molecule has 0 radical (unpaired) electrons. The van der Waals surface area contributed by atoms with E-state index in [0.717, 1.165) is 16.8 Å². The highest BCUT2D eigenvalue weighted by Crippen LogP contribution is 2.19. The third-order valence-electron chi connectivity index (χ3n) is 3.52. The average molecular weight is 329 g/mol. The summed E-state index contributed by atoms with van der Waals surface area (Å²) in [4.78, 5) is 0.241. The summed E-state index contributed by atoms with van der Waals surface area (Å²) in [5.41, 5.74) is 3.20. The molecule has 1 aromatic heterocycles. The molecule has 0 aliphatic heterocycles. The van der Waals surface area contributed by atoms with Crippen LogP contribution in [0.5, 0.6) is 0 Å². The van der Waals surface area contributed by atoms with Crippen LogP contribution in [0.2, 0.25) is 0 Å². The highest BCUT2D eigenvalue weighted by molar-refractivity contribution is 7.92. The molecule has 23 heavy (non-hydrogen) atoms. The van der Waals surface area contributed by atoms with E-state index in [0.29, 0.717) is 5.69 Å². The number of aromatic nitrogens is 4. The minimum atomic E-state index is -3.62. The van der Waals surface area contributed by atoms with Crippen molar-refractivity contribution in [2.45, 2.75) is 18.7 Å². The van der Waals surface area contributed by atoms with Crippen LogP contribution in [0.25, 0.3) is 5.69 Å². The molecular formula is C15H15N5O2S. The van der Waals surface area contributed by atoms with Crippen LogP contribution in [0.3, 0.4) is 0 Å². The Labute approximate surface area is 134 Å². The van der Waals surface area contributed by atoms with Gasteiger partial charge in [-0.05, 0) is 71.8 Å². The molecule has 8 heteroatoms. The van der Waals surface area contributed by atoms with E-state index < -0.39 is 10.0 Å². The van der Waals surface area contributed by atoms with E-state index in [-0.39, 0.29) is 4.90 Å². The molecule has 118 valence electrons. The molecule has 0 amide bonds. The predicted octanol–water partition coefficient (Wildman–Crippen LogP) is 2.08. The molecule has 0 bridgehead atoms. The molecule has 0 spiro atoms. The monoisotopic (exact) mass is 329 g/mol. The van der Waals surface area contributed by atoms with Crippen LogP contribution in [-0.4, -0.2) is 28.6 Å². The van der Waals surface area contributed by atoms with Gasteiger partial charge < -0.3 is 0 Å². The summed E-state index contributed by atoms with van der Waals surface area (Å²) in [6.07, 6.45) is 1.47. The second kappa shape index (κ2) is 5.81. The summed E-state index contributed by atoms with van der Waals surface area (Å²) in [6, 6.07) is 11.8. The van der Waals surface area contributed by atoms with Crippen LogP contribution >= 0.6 is 0 Å². The van der Waals surface area contributed by atoms with Gasteiger partial charge in [-0.15, -0.1) is 5.10 Å². The Morgan fingerprint density at radius 1 is 1.00 bits per heavy atom. The van der Waals surface area contributed by atoms with Gasteiger partial charge in [0.05, 0.1) is 10.6 Å². The van der Waals surface area contributed by atoms with E-state index in [1.807, 2.05) is 13.8 Å². The first-order valence-electron chi connectivity index (χ1n) is 6.89. The second-order valence-electron chi connectivity index (χ2n) is 5.15. The van der Waals surface area contributed by atoms with Crippen molar-refractivity contribution in [3.05, 3.63) is 59.9 Å². The standard InChI is InChI=1S/C15H15N5O2S/c1-11-3-8-15(9-12(11)2)23(21,22)17-13-4-6-14(7-5-13)20-10-16-18-19-20/h3-10,17H,1-2H3. The molecule has 1 heterocycles. The number of benzene rings is 2. The van der Waals surface area contributed by atoms with Crippen molar-refractivity contribution in [1.29, 1.82) is 0 Å². The van der Waals surface area contributed by atoms with Gasteiger partial charge in [0.2, 0.25) is 0 Å². The van der Waals surface area contributed by atoms with E-state index >= 15 is 0 Å². The first-order chi connectivity index (χ1) is 11.0. The number of rotatable bonds is 4. The number of hydrogen-bond acceptors (Lipinski definition) is 5. The summed E-state index contributed by atoms with van der Waals surface area (Å²) < 4.78 is 28.9. The molecule has 0 fully saturated rings. The van der Waals surface area contributed by atoms with Crippen molar-refractivity contribution in [3.8, 4) is 5.69 Å². The van der Waals surface area contributed by atoms with Gasteiger partial charge in [-0.2, -0.15) is 0 Å². The lowest BCUT2D eigenvalue weighted by atomic mass is 10.1.